The number of amides is 1. The maximum atomic E-state index is 12.0. The molecule has 100 valence electrons. The third-order valence-corrected chi connectivity index (χ3v) is 3.17. The van der Waals surface area contributed by atoms with Crippen molar-refractivity contribution in [3.05, 3.63) is 11.4 Å². The van der Waals surface area contributed by atoms with Crippen molar-refractivity contribution in [2.45, 2.75) is 19.8 Å². The molecule has 6 heteroatoms. The second-order valence-electron chi connectivity index (χ2n) is 4.86. The van der Waals surface area contributed by atoms with Gasteiger partial charge in [-0.3, -0.25) is 9.89 Å². The first-order valence-electron chi connectivity index (χ1n) is 6.23. The number of likely N-dealkylation sites (N-methyl/N-ethyl adjacent to an activating group) is 1. The van der Waals surface area contributed by atoms with Crippen LogP contribution in [0.5, 0.6) is 0 Å². The first-order chi connectivity index (χ1) is 8.59. The second-order valence-corrected chi connectivity index (χ2v) is 4.86. The van der Waals surface area contributed by atoms with Crippen LogP contribution in [0, 0.1) is 12.8 Å². The molecule has 0 atom stereocenters. The predicted octanol–water partition coefficient (Wildman–Crippen LogP) is 0.799. The fourth-order valence-corrected chi connectivity index (χ4v) is 1.62. The van der Waals surface area contributed by atoms with E-state index in [9.17, 15) is 4.79 Å². The largest absolute Gasteiger partial charge is 0.395 e. The van der Waals surface area contributed by atoms with Crippen molar-refractivity contribution in [3.63, 3.8) is 0 Å². The summed E-state index contributed by atoms with van der Waals surface area (Å²) < 4.78 is 5.50. The molecule has 1 amide bonds. The summed E-state index contributed by atoms with van der Waals surface area (Å²) in [7, 11) is 1.73. The Balaban J connectivity index is 1.78. The number of aromatic amines is 1. The van der Waals surface area contributed by atoms with Crippen LogP contribution in [0.4, 0.5) is 5.69 Å². The SMILES string of the molecule is Cc1[nH]nc(C(=O)N(C)CCOCC2CC2)c1N. The molecule has 0 bridgehead atoms. The highest BCUT2D eigenvalue weighted by atomic mass is 16.5. The third-order valence-electron chi connectivity index (χ3n) is 3.17. The lowest BCUT2D eigenvalue weighted by molar-refractivity contribution is 0.0677. The molecule has 0 saturated heterocycles. The molecule has 1 heterocycles. The lowest BCUT2D eigenvalue weighted by Crippen LogP contribution is -2.31. The minimum atomic E-state index is -0.174. The molecule has 3 N–H and O–H groups in total. The Morgan fingerprint density at radius 1 is 1.61 bits per heavy atom. The summed E-state index contributed by atoms with van der Waals surface area (Å²) in [6.45, 7) is 3.71. The Bertz CT molecular complexity index is 426. The number of nitrogens with one attached hydrogen (secondary N) is 1. The van der Waals surface area contributed by atoms with Gasteiger partial charge >= 0.3 is 0 Å². The van der Waals surface area contributed by atoms with Crippen LogP contribution in [0.2, 0.25) is 0 Å². The standard InChI is InChI=1S/C12H20N4O2/c1-8-10(13)11(15-14-8)12(17)16(2)5-6-18-7-9-3-4-9/h9H,3-7,13H2,1-2H3,(H,14,15). The molecule has 1 aromatic rings. The normalized spacial score (nSPS) is 14.8. The second kappa shape index (κ2) is 5.39. The summed E-state index contributed by atoms with van der Waals surface area (Å²) in [4.78, 5) is 13.6. The molecule has 0 aromatic carbocycles. The minimum absolute atomic E-state index is 0.174. The molecule has 1 fully saturated rings. The average Bonchev–Trinajstić information content (AvgIpc) is 3.12. The molecule has 1 aromatic heterocycles. The van der Waals surface area contributed by atoms with Crippen LogP contribution in [0.15, 0.2) is 0 Å². The minimum Gasteiger partial charge on any atom is -0.395 e. The van der Waals surface area contributed by atoms with Gasteiger partial charge in [-0.15, -0.1) is 0 Å². The molecule has 0 spiro atoms. The van der Waals surface area contributed by atoms with Crippen molar-refractivity contribution in [1.82, 2.24) is 15.1 Å². The highest BCUT2D eigenvalue weighted by Crippen LogP contribution is 2.28. The quantitative estimate of drug-likeness (QED) is 0.733. The zero-order valence-corrected chi connectivity index (χ0v) is 10.9. The number of ether oxygens (including phenoxy) is 1. The van der Waals surface area contributed by atoms with Crippen LogP contribution >= 0.6 is 0 Å². The molecule has 1 aliphatic carbocycles. The maximum absolute atomic E-state index is 12.0. The summed E-state index contributed by atoms with van der Waals surface area (Å²) in [5.74, 6) is 0.572. The van der Waals surface area contributed by atoms with Crippen LogP contribution in [0.3, 0.4) is 0 Å². The molecular weight excluding hydrogens is 232 g/mol. The topological polar surface area (TPSA) is 84.2 Å². The van der Waals surface area contributed by atoms with Gasteiger partial charge in [0.1, 0.15) is 0 Å². The molecule has 6 nitrogen and oxygen atoms in total. The molecular formula is C12H20N4O2. The van der Waals surface area contributed by atoms with E-state index in [4.69, 9.17) is 10.5 Å². The van der Waals surface area contributed by atoms with E-state index in [2.05, 4.69) is 10.2 Å². The molecule has 0 aliphatic heterocycles. The summed E-state index contributed by atoms with van der Waals surface area (Å²) in [5.41, 5.74) is 7.20. The Hall–Kier alpha value is -1.56. The van der Waals surface area contributed by atoms with Gasteiger partial charge in [-0.05, 0) is 25.7 Å². The van der Waals surface area contributed by atoms with Crippen LogP contribution in [-0.2, 0) is 4.74 Å². The summed E-state index contributed by atoms with van der Waals surface area (Å²) in [5, 5.41) is 6.63. The summed E-state index contributed by atoms with van der Waals surface area (Å²) in [6.07, 6.45) is 2.55. The van der Waals surface area contributed by atoms with Crippen molar-refractivity contribution < 1.29 is 9.53 Å². The molecule has 1 saturated carbocycles. The molecule has 0 unspecified atom stereocenters. The average molecular weight is 252 g/mol. The van der Waals surface area contributed by atoms with Crippen molar-refractivity contribution >= 4 is 11.6 Å². The number of carbonyl (C=O) groups is 1. The van der Waals surface area contributed by atoms with Gasteiger partial charge < -0.3 is 15.4 Å². The number of carbonyl (C=O) groups excluding carboxylic acids is 1. The van der Waals surface area contributed by atoms with E-state index in [0.29, 0.717) is 18.8 Å². The number of aryl methyl sites for hydroxylation is 1. The van der Waals surface area contributed by atoms with E-state index in [1.54, 1.807) is 18.9 Å². The number of hydrogen-bond donors (Lipinski definition) is 2. The van der Waals surface area contributed by atoms with Gasteiger partial charge in [0.25, 0.3) is 5.91 Å². The Morgan fingerprint density at radius 3 is 2.89 bits per heavy atom. The van der Waals surface area contributed by atoms with Crippen molar-refractivity contribution in [1.29, 1.82) is 0 Å². The number of H-pyrrole nitrogens is 1. The van der Waals surface area contributed by atoms with Gasteiger partial charge in [-0.1, -0.05) is 0 Å². The van der Waals surface area contributed by atoms with E-state index in [0.717, 1.165) is 18.2 Å². The Morgan fingerprint density at radius 2 is 2.33 bits per heavy atom. The first-order valence-corrected chi connectivity index (χ1v) is 6.23. The van der Waals surface area contributed by atoms with Gasteiger partial charge in [-0.25, -0.2) is 0 Å². The van der Waals surface area contributed by atoms with E-state index < -0.39 is 0 Å². The number of hydrogen-bond acceptors (Lipinski definition) is 4. The highest BCUT2D eigenvalue weighted by Gasteiger charge is 2.22. The van der Waals surface area contributed by atoms with E-state index in [1.165, 1.54) is 12.8 Å². The first kappa shape index (κ1) is 12.9. The van der Waals surface area contributed by atoms with E-state index in [-0.39, 0.29) is 11.6 Å². The number of nitrogens with two attached hydrogens (primary N) is 1. The Kier molecular flexibility index (Phi) is 3.86. The fraction of sp³-hybridized carbons (Fsp3) is 0.667. The molecule has 1 aliphatic rings. The van der Waals surface area contributed by atoms with Gasteiger partial charge in [0.05, 0.1) is 18.0 Å². The number of anilines is 1. The number of nitrogen functional groups attached to an aromatic ring is 1. The van der Waals surface area contributed by atoms with Crippen LogP contribution in [0.1, 0.15) is 29.0 Å². The van der Waals surface area contributed by atoms with Gasteiger partial charge in [0.15, 0.2) is 5.69 Å². The number of aromatic nitrogens is 2. The third kappa shape index (κ3) is 3.01. The lowest BCUT2D eigenvalue weighted by Gasteiger charge is -2.16. The van der Waals surface area contributed by atoms with Crippen LogP contribution in [-0.4, -0.2) is 47.8 Å². The maximum Gasteiger partial charge on any atom is 0.276 e. The molecule has 0 radical (unpaired) electrons. The van der Waals surface area contributed by atoms with E-state index in [1.807, 2.05) is 0 Å². The van der Waals surface area contributed by atoms with Crippen LogP contribution < -0.4 is 5.73 Å². The van der Waals surface area contributed by atoms with Crippen molar-refractivity contribution in [2.24, 2.45) is 5.92 Å². The summed E-state index contributed by atoms with van der Waals surface area (Å²) in [6, 6.07) is 0. The zero-order valence-electron chi connectivity index (χ0n) is 10.9. The lowest BCUT2D eigenvalue weighted by atomic mass is 10.3. The van der Waals surface area contributed by atoms with Crippen LogP contribution in [0.25, 0.3) is 0 Å². The summed E-state index contributed by atoms with van der Waals surface area (Å²) >= 11 is 0. The van der Waals surface area contributed by atoms with Crippen molar-refractivity contribution in [2.75, 3.05) is 32.5 Å². The van der Waals surface area contributed by atoms with Crippen molar-refractivity contribution in [3.8, 4) is 0 Å². The number of nitrogens with zero attached hydrogens (tertiary/aromatic N) is 2. The fourth-order valence-electron chi connectivity index (χ4n) is 1.62. The highest BCUT2D eigenvalue weighted by molar-refractivity contribution is 5.97. The monoisotopic (exact) mass is 252 g/mol. The molecule has 2 rings (SSSR count). The van der Waals surface area contributed by atoms with Gasteiger partial charge in [-0.2, -0.15) is 5.10 Å². The van der Waals surface area contributed by atoms with E-state index >= 15 is 0 Å². The predicted molar refractivity (Wildman–Crippen MR) is 68.2 cm³/mol. The number of rotatable bonds is 6. The van der Waals surface area contributed by atoms with Gasteiger partial charge in [0, 0.05) is 20.2 Å². The zero-order chi connectivity index (χ0) is 13.1. The molecule has 18 heavy (non-hydrogen) atoms. The van der Waals surface area contributed by atoms with Gasteiger partial charge in [0.2, 0.25) is 0 Å². The Labute approximate surface area is 106 Å². The smallest absolute Gasteiger partial charge is 0.276 e.